The Balaban J connectivity index is 2.45. The molecule has 1 fully saturated rings. The summed E-state index contributed by atoms with van der Waals surface area (Å²) in [5, 5.41) is 47.7. The second kappa shape index (κ2) is 11.3. The van der Waals surface area contributed by atoms with Crippen LogP contribution < -0.4 is 0 Å². The van der Waals surface area contributed by atoms with Crippen molar-refractivity contribution in [1.29, 1.82) is 0 Å². The van der Waals surface area contributed by atoms with Crippen molar-refractivity contribution in [2.75, 3.05) is 26.4 Å². The van der Waals surface area contributed by atoms with Gasteiger partial charge in [0.05, 0.1) is 19.8 Å². The predicted octanol–water partition coefficient (Wildman–Crippen LogP) is -1.24. The number of aliphatic hydroxyl groups is 5. The van der Waals surface area contributed by atoms with Crippen LogP contribution in [-0.4, -0.2) is 88.8 Å². The van der Waals surface area contributed by atoms with Gasteiger partial charge in [-0.05, 0) is 6.42 Å². The van der Waals surface area contributed by atoms with Gasteiger partial charge in [0.2, 0.25) is 0 Å². The highest BCUT2D eigenvalue weighted by atomic mass is 16.7. The smallest absolute Gasteiger partial charge is 0.187 e. The average Bonchev–Trinajstić information content (AvgIpc) is 2.56. The molecule has 0 spiro atoms. The first-order valence-corrected chi connectivity index (χ1v) is 8.19. The van der Waals surface area contributed by atoms with Gasteiger partial charge in [0.25, 0.3) is 0 Å². The van der Waals surface area contributed by atoms with Crippen LogP contribution in [0.4, 0.5) is 0 Å². The van der Waals surface area contributed by atoms with E-state index in [9.17, 15) is 15.3 Å². The quantitative estimate of drug-likeness (QED) is 0.296. The van der Waals surface area contributed by atoms with Crippen LogP contribution in [0.25, 0.3) is 0 Å². The summed E-state index contributed by atoms with van der Waals surface area (Å²) in [7, 11) is 0. The van der Waals surface area contributed by atoms with E-state index in [0.29, 0.717) is 6.61 Å². The number of unbranched alkanes of at least 4 members (excludes halogenated alkanes) is 3. The predicted molar refractivity (Wildman–Crippen MR) is 80.7 cm³/mol. The molecule has 0 unspecified atom stereocenters. The fourth-order valence-electron chi connectivity index (χ4n) is 2.33. The van der Waals surface area contributed by atoms with Crippen LogP contribution in [-0.2, 0) is 14.2 Å². The van der Waals surface area contributed by atoms with Gasteiger partial charge < -0.3 is 39.7 Å². The van der Waals surface area contributed by atoms with Crippen molar-refractivity contribution in [2.45, 2.75) is 69.4 Å². The van der Waals surface area contributed by atoms with Crippen molar-refractivity contribution in [2.24, 2.45) is 0 Å². The molecule has 0 aromatic heterocycles. The molecule has 0 bridgehead atoms. The molecule has 8 heteroatoms. The summed E-state index contributed by atoms with van der Waals surface area (Å²) in [5.74, 6) is 0. The Kier molecular flexibility index (Phi) is 10.2. The summed E-state index contributed by atoms with van der Waals surface area (Å²) in [5.41, 5.74) is 0. The standard InChI is InChI=1S/C15H30O8/c1-2-3-4-5-6-21-9-11-12(18)13(19)14(20)15(23-11)22-10(7-16)8-17/h10-20H,2-9H2,1H3/t11-,12+,13+,14-,15-/m1/s1. The Morgan fingerprint density at radius 1 is 0.957 bits per heavy atom. The number of hydrogen-bond acceptors (Lipinski definition) is 8. The molecular formula is C15H30O8. The summed E-state index contributed by atoms with van der Waals surface area (Å²) < 4.78 is 16.1. The van der Waals surface area contributed by atoms with Gasteiger partial charge in [-0.1, -0.05) is 26.2 Å². The van der Waals surface area contributed by atoms with Crippen molar-refractivity contribution in [3.63, 3.8) is 0 Å². The van der Waals surface area contributed by atoms with E-state index in [2.05, 4.69) is 6.92 Å². The summed E-state index contributed by atoms with van der Waals surface area (Å²) in [6.07, 6.45) is -3.07. The Hall–Kier alpha value is -0.320. The lowest BCUT2D eigenvalue weighted by Crippen LogP contribution is -2.60. The van der Waals surface area contributed by atoms with Crippen molar-refractivity contribution in [3.8, 4) is 0 Å². The van der Waals surface area contributed by atoms with Crippen LogP contribution >= 0.6 is 0 Å². The van der Waals surface area contributed by atoms with E-state index in [0.717, 1.165) is 25.7 Å². The van der Waals surface area contributed by atoms with E-state index in [1.807, 2.05) is 0 Å². The first-order valence-electron chi connectivity index (χ1n) is 8.19. The normalized spacial score (nSPS) is 31.7. The van der Waals surface area contributed by atoms with Gasteiger partial charge in [0.1, 0.15) is 30.5 Å². The largest absolute Gasteiger partial charge is 0.394 e. The average molecular weight is 338 g/mol. The highest BCUT2D eigenvalue weighted by Crippen LogP contribution is 2.23. The Morgan fingerprint density at radius 3 is 2.26 bits per heavy atom. The summed E-state index contributed by atoms with van der Waals surface area (Å²) in [4.78, 5) is 0. The van der Waals surface area contributed by atoms with Crippen LogP contribution in [0.1, 0.15) is 32.6 Å². The fraction of sp³-hybridized carbons (Fsp3) is 1.00. The molecule has 0 saturated carbocycles. The molecule has 1 rings (SSSR count). The molecule has 0 amide bonds. The third kappa shape index (κ3) is 6.60. The summed E-state index contributed by atoms with van der Waals surface area (Å²) >= 11 is 0. The highest BCUT2D eigenvalue weighted by molar-refractivity contribution is 4.89. The minimum atomic E-state index is -1.48. The second-order valence-corrected chi connectivity index (χ2v) is 5.77. The van der Waals surface area contributed by atoms with Crippen LogP contribution in [0.3, 0.4) is 0 Å². The van der Waals surface area contributed by atoms with Gasteiger partial charge in [-0.25, -0.2) is 0 Å². The second-order valence-electron chi connectivity index (χ2n) is 5.77. The number of aliphatic hydroxyl groups excluding tert-OH is 5. The maximum absolute atomic E-state index is 9.95. The zero-order chi connectivity index (χ0) is 17.2. The lowest BCUT2D eigenvalue weighted by atomic mass is 9.99. The maximum Gasteiger partial charge on any atom is 0.187 e. The SMILES string of the molecule is CCCCCCOC[C@H]1O[C@@H](OC(CO)CO)[C@H](O)[C@@H](O)[C@H]1O. The molecule has 23 heavy (non-hydrogen) atoms. The number of rotatable bonds is 11. The molecule has 0 radical (unpaired) electrons. The minimum Gasteiger partial charge on any atom is -0.394 e. The van der Waals surface area contributed by atoms with Gasteiger partial charge in [0.15, 0.2) is 6.29 Å². The molecule has 0 aromatic carbocycles. The monoisotopic (exact) mass is 338 g/mol. The third-order valence-electron chi connectivity index (χ3n) is 3.83. The molecule has 1 aliphatic heterocycles. The maximum atomic E-state index is 9.95. The van der Waals surface area contributed by atoms with Gasteiger partial charge in [-0.15, -0.1) is 0 Å². The van der Waals surface area contributed by atoms with E-state index >= 15 is 0 Å². The van der Waals surface area contributed by atoms with Crippen LogP contribution in [0, 0.1) is 0 Å². The molecule has 5 N–H and O–H groups in total. The zero-order valence-electron chi connectivity index (χ0n) is 13.6. The van der Waals surface area contributed by atoms with Gasteiger partial charge in [-0.3, -0.25) is 0 Å². The van der Waals surface area contributed by atoms with E-state index < -0.39 is 50.0 Å². The first-order chi connectivity index (χ1) is 11.0. The Labute approximate surface area is 136 Å². The lowest BCUT2D eigenvalue weighted by Gasteiger charge is -2.41. The Morgan fingerprint density at radius 2 is 1.65 bits per heavy atom. The first kappa shape index (κ1) is 20.7. The number of ether oxygens (including phenoxy) is 3. The number of hydrogen-bond donors (Lipinski definition) is 5. The molecule has 1 aliphatic rings. The molecule has 0 aliphatic carbocycles. The third-order valence-corrected chi connectivity index (χ3v) is 3.83. The van der Waals surface area contributed by atoms with E-state index in [4.69, 9.17) is 24.4 Å². The van der Waals surface area contributed by atoms with Crippen molar-refractivity contribution in [1.82, 2.24) is 0 Å². The van der Waals surface area contributed by atoms with Crippen molar-refractivity contribution in [3.05, 3.63) is 0 Å². The Bertz CT molecular complexity index is 299. The molecule has 5 atom stereocenters. The van der Waals surface area contributed by atoms with Gasteiger partial charge >= 0.3 is 0 Å². The topological polar surface area (TPSA) is 129 Å². The molecule has 1 saturated heterocycles. The van der Waals surface area contributed by atoms with E-state index in [-0.39, 0.29) is 6.61 Å². The molecule has 138 valence electrons. The summed E-state index contributed by atoms with van der Waals surface area (Å²) in [6.45, 7) is 1.78. The summed E-state index contributed by atoms with van der Waals surface area (Å²) in [6, 6.07) is 0. The van der Waals surface area contributed by atoms with Crippen LogP contribution in [0.5, 0.6) is 0 Å². The van der Waals surface area contributed by atoms with Crippen LogP contribution in [0.15, 0.2) is 0 Å². The molecule has 8 nitrogen and oxygen atoms in total. The van der Waals surface area contributed by atoms with Crippen molar-refractivity contribution >= 4 is 0 Å². The van der Waals surface area contributed by atoms with Crippen molar-refractivity contribution < 1.29 is 39.7 Å². The van der Waals surface area contributed by atoms with E-state index in [1.165, 1.54) is 0 Å². The highest BCUT2D eigenvalue weighted by Gasteiger charge is 2.45. The molecule has 0 aromatic rings. The minimum absolute atomic E-state index is 0.0554. The molecule has 1 heterocycles. The van der Waals surface area contributed by atoms with Gasteiger partial charge in [-0.2, -0.15) is 0 Å². The van der Waals surface area contributed by atoms with E-state index in [1.54, 1.807) is 0 Å². The molecular weight excluding hydrogens is 308 g/mol. The lowest BCUT2D eigenvalue weighted by molar-refractivity contribution is -0.316. The van der Waals surface area contributed by atoms with Gasteiger partial charge in [0, 0.05) is 6.61 Å². The zero-order valence-corrected chi connectivity index (χ0v) is 13.6. The van der Waals surface area contributed by atoms with Crippen LogP contribution in [0.2, 0.25) is 0 Å². The fourth-order valence-corrected chi connectivity index (χ4v) is 2.33.